The molecule has 0 fully saturated rings. The zero-order valence-corrected chi connectivity index (χ0v) is 31.4. The lowest BCUT2D eigenvalue weighted by Crippen LogP contribution is -2.06. The minimum Gasteiger partial charge on any atom is -0.309 e. The molecule has 266 valence electrons. The van der Waals surface area contributed by atoms with Gasteiger partial charge in [-0.1, -0.05) is 140 Å². The summed E-state index contributed by atoms with van der Waals surface area (Å²) in [4.78, 5) is 15.8. The average Bonchev–Trinajstić information content (AvgIpc) is 3.95. The van der Waals surface area contributed by atoms with Crippen molar-refractivity contribution in [3.8, 4) is 45.5 Å². The van der Waals surface area contributed by atoms with E-state index in [1.807, 2.05) is 18.2 Å². The fourth-order valence-electron chi connectivity index (χ4n) is 8.67. The predicted molar refractivity (Wildman–Crippen MR) is 238 cm³/mol. The van der Waals surface area contributed by atoms with Crippen molar-refractivity contribution in [2.24, 2.45) is 0 Å². The first kappa shape index (κ1) is 31.9. The Balaban J connectivity index is 1.13. The van der Waals surface area contributed by atoms with Crippen molar-refractivity contribution in [1.82, 2.24) is 24.1 Å². The maximum absolute atomic E-state index is 5.36. The molecule has 4 aromatic heterocycles. The largest absolute Gasteiger partial charge is 0.309 e. The van der Waals surface area contributed by atoms with Gasteiger partial charge in [0.2, 0.25) is 5.95 Å². The van der Waals surface area contributed by atoms with Crippen LogP contribution >= 0.6 is 11.3 Å². The first-order chi connectivity index (χ1) is 28.3. The molecule has 0 unspecified atom stereocenters. The fraction of sp³-hybridized carbons (Fsp3) is 0. The number of hydrogen-bond donors (Lipinski definition) is 0. The Kier molecular flexibility index (Phi) is 7.03. The van der Waals surface area contributed by atoms with Gasteiger partial charge in [-0.15, -0.1) is 11.3 Å². The van der Waals surface area contributed by atoms with Gasteiger partial charge in [0.1, 0.15) is 0 Å². The number of benzene rings is 8. The predicted octanol–water partition coefficient (Wildman–Crippen LogP) is 13.4. The highest BCUT2D eigenvalue weighted by Gasteiger charge is 2.23. The average molecular weight is 746 g/mol. The van der Waals surface area contributed by atoms with Gasteiger partial charge in [-0.3, -0.25) is 4.57 Å². The molecule has 4 heterocycles. The molecule has 0 N–H and O–H groups in total. The van der Waals surface area contributed by atoms with Gasteiger partial charge in [0.25, 0.3) is 0 Å². The van der Waals surface area contributed by atoms with Crippen molar-refractivity contribution in [3.63, 3.8) is 0 Å². The topological polar surface area (TPSA) is 48.5 Å². The monoisotopic (exact) mass is 745 g/mol. The Labute approximate surface area is 331 Å². The first-order valence-electron chi connectivity index (χ1n) is 19.1. The molecular formula is C51H31N5S. The van der Waals surface area contributed by atoms with E-state index in [4.69, 9.17) is 15.0 Å². The van der Waals surface area contributed by atoms with Crippen LogP contribution < -0.4 is 0 Å². The minimum atomic E-state index is 0.586. The molecule has 57 heavy (non-hydrogen) atoms. The molecule has 8 aromatic carbocycles. The van der Waals surface area contributed by atoms with E-state index in [-0.39, 0.29) is 0 Å². The third-order valence-corrected chi connectivity index (χ3v) is 12.4. The second-order valence-electron chi connectivity index (χ2n) is 14.4. The van der Waals surface area contributed by atoms with Crippen LogP contribution in [0.15, 0.2) is 188 Å². The van der Waals surface area contributed by atoms with Gasteiger partial charge in [0.15, 0.2) is 11.6 Å². The summed E-state index contributed by atoms with van der Waals surface area (Å²) < 4.78 is 7.04. The maximum Gasteiger partial charge on any atom is 0.238 e. The smallest absolute Gasteiger partial charge is 0.238 e. The molecule has 0 radical (unpaired) electrons. The van der Waals surface area contributed by atoms with Crippen LogP contribution in [0.1, 0.15) is 0 Å². The van der Waals surface area contributed by atoms with E-state index in [2.05, 4.69) is 179 Å². The molecule has 0 spiro atoms. The van der Waals surface area contributed by atoms with Crippen LogP contribution in [0.5, 0.6) is 0 Å². The summed E-state index contributed by atoms with van der Waals surface area (Å²) in [5.41, 5.74) is 9.86. The second-order valence-corrected chi connectivity index (χ2v) is 15.5. The van der Waals surface area contributed by atoms with Crippen LogP contribution in [0.25, 0.3) is 109 Å². The van der Waals surface area contributed by atoms with Crippen molar-refractivity contribution in [2.45, 2.75) is 0 Å². The summed E-state index contributed by atoms with van der Waals surface area (Å²) in [6, 6.07) is 66.6. The summed E-state index contributed by atoms with van der Waals surface area (Å²) in [6.45, 7) is 0. The lowest BCUT2D eigenvalue weighted by Gasteiger charge is -2.12. The van der Waals surface area contributed by atoms with E-state index in [0.717, 1.165) is 44.3 Å². The second kappa shape index (κ2) is 12.6. The van der Waals surface area contributed by atoms with E-state index in [0.29, 0.717) is 17.6 Å². The van der Waals surface area contributed by atoms with E-state index in [9.17, 15) is 0 Å². The Morgan fingerprint density at radius 1 is 0.351 bits per heavy atom. The van der Waals surface area contributed by atoms with Gasteiger partial charge in [-0.25, -0.2) is 4.98 Å². The summed E-state index contributed by atoms with van der Waals surface area (Å²) in [5, 5.41) is 7.18. The Bertz CT molecular complexity index is 3510. The van der Waals surface area contributed by atoms with Gasteiger partial charge in [-0.2, -0.15) is 9.97 Å². The molecule has 12 aromatic rings. The van der Waals surface area contributed by atoms with E-state index in [1.165, 1.54) is 47.5 Å². The molecule has 0 aliphatic carbocycles. The van der Waals surface area contributed by atoms with Crippen LogP contribution in [-0.4, -0.2) is 24.1 Å². The molecule has 0 atom stereocenters. The highest BCUT2D eigenvalue weighted by Crippen LogP contribution is 2.43. The van der Waals surface area contributed by atoms with Crippen molar-refractivity contribution in [1.29, 1.82) is 0 Å². The van der Waals surface area contributed by atoms with Crippen molar-refractivity contribution < 1.29 is 0 Å². The van der Waals surface area contributed by atoms with Crippen LogP contribution in [0.4, 0.5) is 0 Å². The molecule has 6 heteroatoms. The van der Waals surface area contributed by atoms with Crippen LogP contribution in [0, 0.1) is 0 Å². The number of nitrogens with zero attached hydrogens (tertiary/aromatic N) is 5. The highest BCUT2D eigenvalue weighted by molar-refractivity contribution is 7.26. The molecule has 0 saturated heterocycles. The Hall–Kier alpha value is -7.41. The SMILES string of the molecule is c1ccc(-c2ccc(-n3c4ccccc4c4c5c6ccccc6n(-c6nc(-c7ccccc7)nc(-c7cccc8c7sc7ccccc78)n6)c5ccc43)cc2)cc1. The van der Waals surface area contributed by atoms with Gasteiger partial charge in [-0.05, 0) is 59.7 Å². The van der Waals surface area contributed by atoms with Gasteiger partial charge in [0, 0.05) is 58.5 Å². The van der Waals surface area contributed by atoms with Crippen LogP contribution in [0.3, 0.4) is 0 Å². The van der Waals surface area contributed by atoms with Gasteiger partial charge in [0.05, 0.1) is 22.1 Å². The quantitative estimate of drug-likeness (QED) is 0.176. The Morgan fingerprint density at radius 2 is 0.895 bits per heavy atom. The molecule has 12 rings (SSSR count). The van der Waals surface area contributed by atoms with Crippen LogP contribution in [0.2, 0.25) is 0 Å². The molecule has 0 saturated carbocycles. The molecule has 5 nitrogen and oxygen atoms in total. The van der Waals surface area contributed by atoms with Crippen molar-refractivity contribution in [2.75, 3.05) is 0 Å². The summed E-state index contributed by atoms with van der Waals surface area (Å²) >= 11 is 1.79. The van der Waals surface area contributed by atoms with E-state index < -0.39 is 0 Å². The number of fused-ring (bicyclic) bond motifs is 10. The third-order valence-electron chi connectivity index (χ3n) is 11.2. The Morgan fingerprint density at radius 3 is 1.61 bits per heavy atom. The number of thiophene rings is 1. The number of aromatic nitrogens is 5. The number of hydrogen-bond acceptors (Lipinski definition) is 4. The fourth-order valence-corrected chi connectivity index (χ4v) is 9.88. The normalized spacial score (nSPS) is 11.9. The third kappa shape index (κ3) is 4.91. The standard InChI is InChI=1S/C51H31N5S/c1-3-14-32(15-4-1)33-26-28-35(29-27-33)55-41-23-10-7-19-38(41)46-43(55)30-31-44-47(46)39-20-8-11-24-42(39)56(44)51-53-49(34-16-5-2-6-17-34)52-50(54-51)40-22-13-21-37-36-18-9-12-25-45(36)57-48(37)40/h1-31H. The molecule has 0 aliphatic rings. The number of para-hydroxylation sites is 2. The molecule has 0 bridgehead atoms. The molecule has 0 aliphatic heterocycles. The van der Waals surface area contributed by atoms with Crippen molar-refractivity contribution in [3.05, 3.63) is 188 Å². The molecular weight excluding hydrogens is 715 g/mol. The summed E-state index contributed by atoms with van der Waals surface area (Å²) in [5.74, 6) is 1.87. The summed E-state index contributed by atoms with van der Waals surface area (Å²) in [7, 11) is 0. The van der Waals surface area contributed by atoms with Gasteiger partial charge < -0.3 is 4.57 Å². The van der Waals surface area contributed by atoms with Gasteiger partial charge >= 0.3 is 0 Å². The zero-order chi connectivity index (χ0) is 37.5. The van der Waals surface area contributed by atoms with Crippen LogP contribution in [-0.2, 0) is 0 Å². The van der Waals surface area contributed by atoms with E-state index >= 15 is 0 Å². The number of rotatable bonds is 5. The highest BCUT2D eigenvalue weighted by atomic mass is 32.1. The summed E-state index contributed by atoms with van der Waals surface area (Å²) in [6.07, 6.45) is 0. The maximum atomic E-state index is 5.36. The lowest BCUT2D eigenvalue weighted by molar-refractivity contribution is 0.954. The lowest BCUT2D eigenvalue weighted by atomic mass is 10.1. The first-order valence-corrected chi connectivity index (χ1v) is 19.9. The molecule has 0 amide bonds. The van der Waals surface area contributed by atoms with Crippen molar-refractivity contribution >= 4 is 75.1 Å². The zero-order valence-electron chi connectivity index (χ0n) is 30.5. The van der Waals surface area contributed by atoms with E-state index in [1.54, 1.807) is 11.3 Å². The minimum absolute atomic E-state index is 0.586.